The van der Waals surface area contributed by atoms with Crippen LogP contribution in [0, 0.1) is 23.2 Å². The van der Waals surface area contributed by atoms with Crippen LogP contribution < -0.4 is 5.32 Å². The van der Waals surface area contributed by atoms with Crippen LogP contribution in [0.15, 0.2) is 48.9 Å². The molecule has 3 aromatic heterocycles. The fraction of sp³-hybridized carbons (Fsp3) is 0.458. The summed E-state index contributed by atoms with van der Waals surface area (Å²) in [5.41, 5.74) is 2.14. The van der Waals surface area contributed by atoms with Crippen molar-refractivity contribution >= 4 is 11.4 Å². The molecule has 6 unspecified atom stereocenters. The summed E-state index contributed by atoms with van der Waals surface area (Å²) in [6.07, 6.45) is 10.5. The van der Waals surface area contributed by atoms with Gasteiger partial charge in [-0.05, 0) is 73.5 Å². The Hall–Kier alpha value is -2.73. The fourth-order valence-corrected chi connectivity index (χ4v) is 7.79. The molecule has 0 aromatic carbocycles. The zero-order valence-corrected chi connectivity index (χ0v) is 16.7. The number of nitrogens with zero attached hydrogens (tertiary/aromatic N) is 3. The SMILES string of the molecule is O=C(NC12CC3CC4CC(C1)C42C3)c1nc(C(O)c2cccnc2)n2ccccc12. The molecule has 7 rings (SSSR count). The van der Waals surface area contributed by atoms with E-state index in [0.717, 1.165) is 36.1 Å². The first-order valence-electron chi connectivity index (χ1n) is 11.0. The fourth-order valence-electron chi connectivity index (χ4n) is 7.79. The zero-order valence-electron chi connectivity index (χ0n) is 16.7. The Morgan fingerprint density at radius 3 is 2.90 bits per heavy atom. The highest BCUT2D eigenvalue weighted by atomic mass is 16.3. The first-order chi connectivity index (χ1) is 14.6. The van der Waals surface area contributed by atoms with Gasteiger partial charge in [0.15, 0.2) is 5.69 Å². The second kappa shape index (κ2) is 5.49. The van der Waals surface area contributed by atoms with Crippen LogP contribution in [0.4, 0.5) is 0 Å². The monoisotopic (exact) mass is 400 g/mol. The Kier molecular flexibility index (Phi) is 3.11. The average Bonchev–Trinajstić information content (AvgIpc) is 3.39. The molecule has 4 fully saturated rings. The van der Waals surface area contributed by atoms with Gasteiger partial charge in [-0.25, -0.2) is 4.98 Å². The summed E-state index contributed by atoms with van der Waals surface area (Å²) >= 11 is 0. The van der Waals surface area contributed by atoms with E-state index in [-0.39, 0.29) is 11.4 Å². The summed E-state index contributed by atoms with van der Waals surface area (Å²) in [5.74, 6) is 2.76. The molecule has 2 N–H and O–H groups in total. The van der Waals surface area contributed by atoms with E-state index in [1.54, 1.807) is 18.5 Å². The van der Waals surface area contributed by atoms with Crippen molar-refractivity contribution in [2.24, 2.45) is 23.2 Å². The largest absolute Gasteiger partial charge is 0.380 e. The number of nitrogens with one attached hydrogen (secondary N) is 1. The Morgan fingerprint density at radius 1 is 1.17 bits per heavy atom. The smallest absolute Gasteiger partial charge is 0.272 e. The molecule has 3 heterocycles. The van der Waals surface area contributed by atoms with E-state index in [4.69, 9.17) is 0 Å². The average molecular weight is 400 g/mol. The van der Waals surface area contributed by atoms with Crippen molar-refractivity contribution in [2.45, 2.75) is 43.7 Å². The number of fused-ring (bicyclic) bond motifs is 2. The molecule has 6 heteroatoms. The maximum Gasteiger partial charge on any atom is 0.272 e. The highest BCUT2D eigenvalue weighted by molar-refractivity contribution is 5.99. The third-order valence-corrected chi connectivity index (χ3v) is 8.78. The van der Waals surface area contributed by atoms with Crippen LogP contribution in [0.1, 0.15) is 60.1 Å². The van der Waals surface area contributed by atoms with Crippen molar-refractivity contribution in [1.29, 1.82) is 0 Å². The molecule has 4 aliphatic rings. The molecule has 4 aliphatic carbocycles. The summed E-state index contributed by atoms with van der Waals surface area (Å²) in [4.78, 5) is 22.2. The Labute approximate surface area is 174 Å². The van der Waals surface area contributed by atoms with Crippen LogP contribution in [0.5, 0.6) is 0 Å². The molecule has 1 spiro atoms. The van der Waals surface area contributed by atoms with Gasteiger partial charge in [0.05, 0.1) is 5.52 Å². The van der Waals surface area contributed by atoms with Crippen molar-refractivity contribution in [1.82, 2.24) is 19.7 Å². The first-order valence-corrected chi connectivity index (χ1v) is 11.0. The molecular weight excluding hydrogens is 376 g/mol. The van der Waals surface area contributed by atoms with Crippen LogP contribution in [0.2, 0.25) is 0 Å². The minimum Gasteiger partial charge on any atom is -0.380 e. The molecule has 6 nitrogen and oxygen atoms in total. The number of amides is 1. The van der Waals surface area contributed by atoms with Gasteiger partial charge < -0.3 is 14.8 Å². The van der Waals surface area contributed by atoms with Crippen molar-refractivity contribution in [3.63, 3.8) is 0 Å². The van der Waals surface area contributed by atoms with Gasteiger partial charge >= 0.3 is 0 Å². The second-order valence-corrected chi connectivity index (χ2v) is 9.88. The zero-order chi connectivity index (χ0) is 20.1. The Morgan fingerprint density at radius 2 is 2.10 bits per heavy atom. The maximum absolute atomic E-state index is 13.5. The van der Waals surface area contributed by atoms with Gasteiger partial charge in [-0.1, -0.05) is 12.1 Å². The summed E-state index contributed by atoms with van der Waals surface area (Å²) in [6, 6.07) is 9.30. The molecule has 2 bridgehead atoms. The summed E-state index contributed by atoms with van der Waals surface area (Å²) in [5, 5.41) is 14.4. The molecular formula is C24H24N4O2. The maximum atomic E-state index is 13.5. The number of imidazole rings is 1. The highest BCUT2D eigenvalue weighted by Crippen LogP contribution is 2.82. The molecule has 3 aromatic rings. The van der Waals surface area contributed by atoms with Crippen LogP contribution in [-0.2, 0) is 0 Å². The van der Waals surface area contributed by atoms with Gasteiger partial charge in [-0.3, -0.25) is 9.78 Å². The van der Waals surface area contributed by atoms with Crippen LogP contribution in [0.3, 0.4) is 0 Å². The molecule has 4 saturated carbocycles. The highest BCUT2D eigenvalue weighted by Gasteiger charge is 2.80. The minimum absolute atomic E-state index is 0.0204. The van der Waals surface area contributed by atoms with Gasteiger partial charge in [-0.15, -0.1) is 0 Å². The lowest BCUT2D eigenvalue weighted by molar-refractivity contribution is -0.201. The molecule has 0 radical (unpaired) electrons. The van der Waals surface area contributed by atoms with E-state index in [1.807, 2.05) is 34.9 Å². The molecule has 0 aliphatic heterocycles. The van der Waals surface area contributed by atoms with Gasteiger partial charge in [0.2, 0.25) is 0 Å². The normalized spacial score (nSPS) is 36.1. The van der Waals surface area contributed by atoms with E-state index >= 15 is 0 Å². The van der Waals surface area contributed by atoms with E-state index in [9.17, 15) is 9.90 Å². The molecule has 30 heavy (non-hydrogen) atoms. The van der Waals surface area contributed by atoms with E-state index < -0.39 is 6.10 Å². The van der Waals surface area contributed by atoms with E-state index in [1.165, 1.54) is 19.3 Å². The van der Waals surface area contributed by atoms with Gasteiger partial charge in [0.1, 0.15) is 11.9 Å². The first kappa shape index (κ1) is 17.0. The second-order valence-electron chi connectivity index (χ2n) is 9.88. The van der Waals surface area contributed by atoms with E-state index in [2.05, 4.69) is 15.3 Å². The number of hydrogen-bond donors (Lipinski definition) is 2. The van der Waals surface area contributed by atoms with Crippen LogP contribution in [0.25, 0.3) is 5.52 Å². The Balaban J connectivity index is 1.26. The standard InChI is InChI=1S/C24H24N4O2/c29-20(15-4-3-6-25-13-15)21-26-19(18-5-1-2-7-28(18)21)22(30)27-23-10-14-8-16-9-17(12-23)24(16,23)11-14/h1-7,13-14,16-17,20,29H,8-12H2,(H,27,30). The summed E-state index contributed by atoms with van der Waals surface area (Å²) in [6.45, 7) is 0. The topological polar surface area (TPSA) is 79.5 Å². The number of carbonyl (C=O) groups excluding carboxylic acids is 1. The minimum atomic E-state index is -0.946. The van der Waals surface area contributed by atoms with Gasteiger partial charge in [-0.2, -0.15) is 0 Å². The third kappa shape index (κ3) is 1.87. The number of carbonyl (C=O) groups is 1. The lowest BCUT2D eigenvalue weighted by atomic mass is 9.35. The quantitative estimate of drug-likeness (QED) is 0.705. The number of rotatable bonds is 4. The number of aliphatic hydroxyl groups excluding tert-OH is 1. The number of pyridine rings is 2. The molecule has 6 atom stereocenters. The van der Waals surface area contributed by atoms with Gasteiger partial charge in [0.25, 0.3) is 5.91 Å². The molecule has 152 valence electrons. The van der Waals surface area contributed by atoms with Crippen molar-refractivity contribution < 1.29 is 9.90 Å². The van der Waals surface area contributed by atoms with Gasteiger partial charge in [0, 0.05) is 29.7 Å². The van der Waals surface area contributed by atoms with Crippen molar-refractivity contribution in [3.05, 3.63) is 66.0 Å². The lowest BCUT2D eigenvalue weighted by Crippen LogP contribution is -2.76. The summed E-state index contributed by atoms with van der Waals surface area (Å²) in [7, 11) is 0. The molecule has 0 saturated heterocycles. The molecule has 1 amide bonds. The number of hydrogen-bond acceptors (Lipinski definition) is 4. The lowest BCUT2D eigenvalue weighted by Gasteiger charge is -2.72. The van der Waals surface area contributed by atoms with E-state index in [0.29, 0.717) is 22.5 Å². The predicted octanol–water partition coefficient (Wildman–Crippen LogP) is 3.12. The predicted molar refractivity (Wildman–Crippen MR) is 110 cm³/mol. The number of aliphatic hydroxyl groups is 1. The van der Waals surface area contributed by atoms with Crippen molar-refractivity contribution in [2.75, 3.05) is 0 Å². The number of aromatic nitrogens is 3. The Bertz CT molecular complexity index is 1190. The third-order valence-electron chi connectivity index (χ3n) is 8.78. The van der Waals surface area contributed by atoms with Crippen LogP contribution >= 0.6 is 0 Å². The van der Waals surface area contributed by atoms with Crippen LogP contribution in [-0.4, -0.2) is 30.9 Å². The summed E-state index contributed by atoms with van der Waals surface area (Å²) < 4.78 is 1.82. The van der Waals surface area contributed by atoms with Crippen molar-refractivity contribution in [3.8, 4) is 0 Å².